The van der Waals surface area contributed by atoms with Gasteiger partial charge in [0.05, 0.1) is 25.1 Å². The van der Waals surface area contributed by atoms with E-state index in [1.165, 1.54) is 6.33 Å². The maximum atomic E-state index is 9.28. The van der Waals surface area contributed by atoms with E-state index >= 15 is 0 Å². The molecule has 2 aromatic heterocycles. The molecule has 1 aliphatic heterocycles. The van der Waals surface area contributed by atoms with Crippen molar-refractivity contribution in [1.29, 1.82) is 0 Å². The number of imidazole rings is 1. The molecule has 1 unspecified atom stereocenters. The van der Waals surface area contributed by atoms with Gasteiger partial charge in [-0.2, -0.15) is 9.97 Å². The second-order valence-corrected chi connectivity index (χ2v) is 4.61. The molecule has 3 heterocycles. The van der Waals surface area contributed by atoms with Crippen LogP contribution in [0.25, 0.3) is 21.6 Å². The van der Waals surface area contributed by atoms with Crippen LogP contribution in [0.3, 0.4) is 0 Å². The molecule has 3 rings (SSSR count). The molecule has 1 fully saturated rings. The van der Waals surface area contributed by atoms with Crippen molar-refractivity contribution in [3.63, 3.8) is 0 Å². The van der Waals surface area contributed by atoms with Crippen molar-refractivity contribution >= 4 is 22.9 Å². The SMILES string of the molecule is [N-]=[N+]=NC1C[C@H](n2cnc3c(N)nc(N)nc32)O[C@@H]1CO. The summed E-state index contributed by atoms with van der Waals surface area (Å²) < 4.78 is 7.31. The van der Waals surface area contributed by atoms with Crippen LogP contribution < -0.4 is 11.5 Å². The summed E-state index contributed by atoms with van der Waals surface area (Å²) >= 11 is 0. The lowest BCUT2D eigenvalue weighted by Gasteiger charge is -2.14. The van der Waals surface area contributed by atoms with Gasteiger partial charge in [0.1, 0.15) is 11.7 Å². The number of rotatable bonds is 3. The molecule has 21 heavy (non-hydrogen) atoms. The lowest BCUT2D eigenvalue weighted by molar-refractivity contribution is -0.0232. The highest BCUT2D eigenvalue weighted by Gasteiger charge is 2.36. The predicted octanol–water partition coefficient (Wildman–Crippen LogP) is -0.0506. The van der Waals surface area contributed by atoms with Crippen LogP contribution in [0.15, 0.2) is 11.4 Å². The lowest BCUT2D eigenvalue weighted by atomic mass is 10.1. The maximum absolute atomic E-state index is 9.28. The van der Waals surface area contributed by atoms with Crippen molar-refractivity contribution in [2.24, 2.45) is 5.11 Å². The molecule has 0 aliphatic carbocycles. The molecule has 2 aromatic rings. The first-order valence-electron chi connectivity index (χ1n) is 6.20. The van der Waals surface area contributed by atoms with Gasteiger partial charge in [-0.3, -0.25) is 4.57 Å². The summed E-state index contributed by atoms with van der Waals surface area (Å²) in [5, 5.41) is 12.9. The molecule has 0 radical (unpaired) electrons. The second-order valence-electron chi connectivity index (χ2n) is 4.61. The first kappa shape index (κ1) is 13.4. The van der Waals surface area contributed by atoms with Crippen molar-refractivity contribution in [2.45, 2.75) is 24.8 Å². The summed E-state index contributed by atoms with van der Waals surface area (Å²) in [6.45, 7) is -0.244. The van der Waals surface area contributed by atoms with Crippen LogP contribution in [0.4, 0.5) is 11.8 Å². The first-order valence-corrected chi connectivity index (χ1v) is 6.20. The number of ether oxygens (including phenoxy) is 1. The summed E-state index contributed by atoms with van der Waals surface area (Å²) in [5.41, 5.74) is 20.7. The van der Waals surface area contributed by atoms with Crippen LogP contribution in [0, 0.1) is 0 Å². The average molecular weight is 291 g/mol. The minimum atomic E-state index is -0.570. The molecular weight excluding hydrogens is 278 g/mol. The van der Waals surface area contributed by atoms with Crippen molar-refractivity contribution in [3.8, 4) is 0 Å². The third kappa shape index (κ3) is 2.18. The second kappa shape index (κ2) is 5.05. The number of aromatic nitrogens is 4. The van der Waals surface area contributed by atoms with Crippen molar-refractivity contribution < 1.29 is 9.84 Å². The number of hydrogen-bond acceptors (Lipinski definition) is 8. The Balaban J connectivity index is 2.00. The molecule has 0 bridgehead atoms. The molecule has 1 aliphatic rings. The Morgan fingerprint density at radius 2 is 2.33 bits per heavy atom. The van der Waals surface area contributed by atoms with Crippen molar-refractivity contribution in [1.82, 2.24) is 19.5 Å². The first-order chi connectivity index (χ1) is 10.1. The average Bonchev–Trinajstić information content (AvgIpc) is 3.02. The van der Waals surface area contributed by atoms with Crippen LogP contribution in [0.5, 0.6) is 0 Å². The number of fused-ring (bicyclic) bond motifs is 1. The number of nitrogens with zero attached hydrogens (tertiary/aromatic N) is 7. The Morgan fingerprint density at radius 1 is 1.52 bits per heavy atom. The van der Waals surface area contributed by atoms with Crippen LogP contribution in [-0.2, 0) is 4.74 Å². The summed E-state index contributed by atoms with van der Waals surface area (Å²) in [5.74, 6) is 0.213. The highest BCUT2D eigenvalue weighted by molar-refractivity contribution is 5.82. The monoisotopic (exact) mass is 291 g/mol. The Labute approximate surface area is 118 Å². The molecule has 3 atom stereocenters. The fourth-order valence-corrected chi connectivity index (χ4v) is 2.40. The van der Waals surface area contributed by atoms with Crippen LogP contribution in [0.2, 0.25) is 0 Å². The number of hydrogen-bond donors (Lipinski definition) is 3. The van der Waals surface area contributed by atoms with Crippen LogP contribution in [-0.4, -0.2) is 43.4 Å². The van der Waals surface area contributed by atoms with Gasteiger partial charge in [0.2, 0.25) is 5.95 Å². The fraction of sp³-hybridized carbons (Fsp3) is 0.500. The van der Waals surface area contributed by atoms with Gasteiger partial charge in [-0.25, -0.2) is 4.98 Å². The largest absolute Gasteiger partial charge is 0.394 e. The molecule has 0 saturated carbocycles. The van der Waals surface area contributed by atoms with Gasteiger partial charge in [-0.15, -0.1) is 0 Å². The standard InChI is InChI=1S/C10H13N9O2/c11-8-7-9(16-10(12)15-8)19(3-14-7)6-1-4(17-18-13)5(2-20)21-6/h3-6,20H,1-2H2,(H4,11,12,15,16)/t4?,5-,6-/m1/s1. The Hall–Kier alpha value is -2.62. The van der Waals surface area contributed by atoms with E-state index < -0.39 is 18.4 Å². The van der Waals surface area contributed by atoms with Gasteiger partial charge in [0, 0.05) is 11.3 Å². The fourth-order valence-electron chi connectivity index (χ4n) is 2.40. The van der Waals surface area contributed by atoms with Gasteiger partial charge < -0.3 is 21.3 Å². The zero-order valence-electron chi connectivity index (χ0n) is 10.9. The smallest absolute Gasteiger partial charge is 0.224 e. The normalized spacial score (nSPS) is 25.1. The topological polar surface area (TPSA) is 174 Å². The number of nitrogen functional groups attached to an aromatic ring is 2. The molecule has 11 heteroatoms. The zero-order chi connectivity index (χ0) is 15.0. The minimum Gasteiger partial charge on any atom is -0.394 e. The van der Waals surface area contributed by atoms with E-state index in [1.54, 1.807) is 4.57 Å². The molecule has 1 saturated heterocycles. The van der Waals surface area contributed by atoms with E-state index in [2.05, 4.69) is 25.0 Å². The van der Waals surface area contributed by atoms with E-state index in [0.29, 0.717) is 17.6 Å². The third-order valence-corrected chi connectivity index (χ3v) is 3.36. The van der Waals surface area contributed by atoms with Crippen molar-refractivity contribution in [2.75, 3.05) is 18.1 Å². The minimum absolute atomic E-state index is 0.0325. The van der Waals surface area contributed by atoms with Gasteiger partial charge in [0.15, 0.2) is 11.5 Å². The summed E-state index contributed by atoms with van der Waals surface area (Å²) in [4.78, 5) is 14.8. The quantitative estimate of drug-likeness (QED) is 0.403. The summed E-state index contributed by atoms with van der Waals surface area (Å²) in [7, 11) is 0. The molecule has 110 valence electrons. The van der Waals surface area contributed by atoms with Gasteiger partial charge in [-0.05, 0) is 5.53 Å². The number of aliphatic hydroxyl groups is 1. The third-order valence-electron chi connectivity index (χ3n) is 3.36. The number of aliphatic hydroxyl groups excluding tert-OH is 1. The highest BCUT2D eigenvalue weighted by atomic mass is 16.5. The highest BCUT2D eigenvalue weighted by Crippen LogP contribution is 2.33. The van der Waals surface area contributed by atoms with Gasteiger partial charge in [-0.1, -0.05) is 5.11 Å². The zero-order valence-corrected chi connectivity index (χ0v) is 10.9. The molecule has 11 nitrogen and oxygen atoms in total. The van der Waals surface area contributed by atoms with E-state index in [9.17, 15) is 5.11 Å². The van der Waals surface area contributed by atoms with E-state index in [-0.39, 0.29) is 18.4 Å². The van der Waals surface area contributed by atoms with Gasteiger partial charge >= 0.3 is 0 Å². The summed E-state index contributed by atoms with van der Waals surface area (Å²) in [6.07, 6.45) is 0.855. The molecule has 0 aromatic carbocycles. The molecular formula is C10H13N9O2. The maximum Gasteiger partial charge on any atom is 0.224 e. The number of nitrogens with two attached hydrogens (primary N) is 2. The predicted molar refractivity (Wildman–Crippen MR) is 72.7 cm³/mol. The van der Waals surface area contributed by atoms with Crippen molar-refractivity contribution in [3.05, 3.63) is 16.8 Å². The molecule has 0 spiro atoms. The van der Waals surface area contributed by atoms with Crippen LogP contribution in [0.1, 0.15) is 12.6 Å². The van der Waals surface area contributed by atoms with E-state index in [4.69, 9.17) is 21.7 Å². The Kier molecular flexibility index (Phi) is 3.22. The number of azide groups is 1. The molecule has 5 N–H and O–H groups in total. The van der Waals surface area contributed by atoms with E-state index in [0.717, 1.165) is 0 Å². The van der Waals surface area contributed by atoms with Crippen LogP contribution >= 0.6 is 0 Å². The number of anilines is 2. The van der Waals surface area contributed by atoms with E-state index in [1.807, 2.05) is 0 Å². The lowest BCUT2D eigenvalue weighted by Crippen LogP contribution is -2.22. The summed E-state index contributed by atoms with van der Waals surface area (Å²) in [6, 6.07) is -0.459. The molecule has 0 amide bonds. The van der Waals surface area contributed by atoms with Gasteiger partial charge in [0.25, 0.3) is 0 Å². The Morgan fingerprint density at radius 3 is 3.05 bits per heavy atom. The Bertz CT molecular complexity index is 723.